The summed E-state index contributed by atoms with van der Waals surface area (Å²) in [4.78, 5) is 0. The van der Waals surface area contributed by atoms with E-state index in [1.54, 1.807) is 24.3 Å². The van der Waals surface area contributed by atoms with Crippen LogP contribution in [0.25, 0.3) is 0 Å². The van der Waals surface area contributed by atoms with E-state index in [-0.39, 0.29) is 11.2 Å². The van der Waals surface area contributed by atoms with Crippen molar-refractivity contribution in [3.8, 4) is 0 Å². The van der Waals surface area contributed by atoms with E-state index in [1.165, 1.54) is 12.8 Å². The third kappa shape index (κ3) is 4.21. The summed E-state index contributed by atoms with van der Waals surface area (Å²) < 4.78 is 26.8. The molecule has 0 heterocycles. The van der Waals surface area contributed by atoms with Gasteiger partial charge in [-0.05, 0) is 36.0 Å². The van der Waals surface area contributed by atoms with E-state index < -0.39 is 10.0 Å². The first-order chi connectivity index (χ1) is 8.89. The van der Waals surface area contributed by atoms with Crippen molar-refractivity contribution in [2.75, 3.05) is 12.3 Å². The molecule has 3 N–H and O–H groups in total. The van der Waals surface area contributed by atoms with Crippen LogP contribution in [0.2, 0.25) is 0 Å². The highest BCUT2D eigenvalue weighted by atomic mass is 32.2. The molecule has 2 rings (SSSR count). The maximum atomic E-state index is 12.0. The van der Waals surface area contributed by atoms with Crippen LogP contribution in [-0.2, 0) is 15.8 Å². The van der Waals surface area contributed by atoms with Crippen LogP contribution in [0.4, 0.5) is 5.69 Å². The van der Waals surface area contributed by atoms with Gasteiger partial charge in [0.25, 0.3) is 0 Å². The maximum Gasteiger partial charge on any atom is 0.215 e. The van der Waals surface area contributed by atoms with Crippen LogP contribution >= 0.6 is 0 Å². The average molecular weight is 282 g/mol. The number of nitrogens with two attached hydrogens (primary N) is 1. The highest BCUT2D eigenvalue weighted by molar-refractivity contribution is 7.88. The first-order valence-electron chi connectivity index (χ1n) is 6.70. The van der Waals surface area contributed by atoms with Crippen molar-refractivity contribution in [1.82, 2.24) is 4.72 Å². The summed E-state index contributed by atoms with van der Waals surface area (Å²) in [6.45, 7) is 2.70. The summed E-state index contributed by atoms with van der Waals surface area (Å²) in [5.41, 5.74) is 7.13. The van der Waals surface area contributed by atoms with Gasteiger partial charge < -0.3 is 5.73 Å². The van der Waals surface area contributed by atoms with Gasteiger partial charge in [0, 0.05) is 12.2 Å². The van der Waals surface area contributed by atoms with Crippen molar-refractivity contribution in [2.24, 2.45) is 5.41 Å². The molecule has 1 aliphatic carbocycles. The lowest BCUT2D eigenvalue weighted by molar-refractivity contribution is 0.336. The first kappa shape index (κ1) is 14.3. The smallest absolute Gasteiger partial charge is 0.215 e. The van der Waals surface area contributed by atoms with E-state index in [0.717, 1.165) is 18.4 Å². The molecule has 1 saturated carbocycles. The van der Waals surface area contributed by atoms with E-state index in [2.05, 4.69) is 11.6 Å². The highest BCUT2D eigenvalue weighted by Crippen LogP contribution is 2.36. The molecule has 0 amide bonds. The van der Waals surface area contributed by atoms with Crippen LogP contribution in [0.5, 0.6) is 0 Å². The van der Waals surface area contributed by atoms with Crippen LogP contribution in [0.3, 0.4) is 0 Å². The van der Waals surface area contributed by atoms with Crippen molar-refractivity contribution >= 4 is 15.7 Å². The van der Waals surface area contributed by atoms with Crippen LogP contribution in [0.1, 0.15) is 38.2 Å². The van der Waals surface area contributed by atoms with E-state index >= 15 is 0 Å². The van der Waals surface area contributed by atoms with Gasteiger partial charge >= 0.3 is 0 Å². The molecule has 0 unspecified atom stereocenters. The Morgan fingerprint density at radius 2 is 1.79 bits per heavy atom. The van der Waals surface area contributed by atoms with Gasteiger partial charge in [-0.3, -0.25) is 0 Å². The lowest BCUT2D eigenvalue weighted by atomic mass is 9.89. The standard InChI is InChI=1S/C14H22N2O2S/c1-14(8-2-3-9-14)11-16-19(17,18)10-12-4-6-13(15)7-5-12/h4-7,16H,2-3,8-11,15H2,1H3. The second-order valence-electron chi connectivity index (χ2n) is 5.84. The Hall–Kier alpha value is -1.07. The minimum Gasteiger partial charge on any atom is -0.399 e. The van der Waals surface area contributed by atoms with Crippen LogP contribution in [0, 0.1) is 5.41 Å². The zero-order chi connectivity index (χ0) is 13.9. The molecule has 0 aliphatic heterocycles. The minimum absolute atomic E-state index is 0.0172. The fourth-order valence-corrected chi connectivity index (χ4v) is 3.88. The molecule has 0 atom stereocenters. The SMILES string of the molecule is CC1(CNS(=O)(=O)Cc2ccc(N)cc2)CCCC1. The van der Waals surface area contributed by atoms with Crippen LogP contribution in [0.15, 0.2) is 24.3 Å². The van der Waals surface area contributed by atoms with Gasteiger partial charge in [-0.1, -0.05) is 31.9 Å². The lowest BCUT2D eigenvalue weighted by Gasteiger charge is -2.23. The number of hydrogen-bond acceptors (Lipinski definition) is 3. The van der Waals surface area contributed by atoms with Crippen molar-refractivity contribution in [3.05, 3.63) is 29.8 Å². The Kier molecular flexibility index (Phi) is 4.16. The predicted molar refractivity (Wildman–Crippen MR) is 78.1 cm³/mol. The number of hydrogen-bond donors (Lipinski definition) is 2. The van der Waals surface area contributed by atoms with Gasteiger partial charge in [0.2, 0.25) is 10.0 Å². The Labute approximate surface area is 115 Å². The number of nitrogen functional groups attached to an aromatic ring is 1. The molecule has 19 heavy (non-hydrogen) atoms. The summed E-state index contributed by atoms with van der Waals surface area (Å²) in [5, 5.41) is 0. The molecular weight excluding hydrogens is 260 g/mol. The fourth-order valence-electron chi connectivity index (χ4n) is 2.57. The third-order valence-electron chi connectivity index (χ3n) is 3.87. The molecule has 0 bridgehead atoms. The molecule has 0 saturated heterocycles. The van der Waals surface area contributed by atoms with E-state index in [1.807, 2.05) is 0 Å². The monoisotopic (exact) mass is 282 g/mol. The van der Waals surface area contributed by atoms with E-state index in [9.17, 15) is 8.42 Å². The molecule has 1 aromatic carbocycles. The average Bonchev–Trinajstić information content (AvgIpc) is 2.78. The van der Waals surface area contributed by atoms with Crippen LogP contribution < -0.4 is 10.5 Å². The lowest BCUT2D eigenvalue weighted by Crippen LogP contribution is -2.34. The van der Waals surface area contributed by atoms with Crippen LogP contribution in [-0.4, -0.2) is 15.0 Å². The second kappa shape index (κ2) is 5.51. The summed E-state index contributed by atoms with van der Waals surface area (Å²) >= 11 is 0. The third-order valence-corrected chi connectivity index (χ3v) is 5.16. The topological polar surface area (TPSA) is 72.2 Å². The molecule has 5 heteroatoms. The number of nitrogens with one attached hydrogen (secondary N) is 1. The molecule has 0 spiro atoms. The molecule has 4 nitrogen and oxygen atoms in total. The molecule has 0 radical (unpaired) electrons. The van der Waals surface area contributed by atoms with Crippen molar-refractivity contribution in [1.29, 1.82) is 0 Å². The van der Waals surface area contributed by atoms with Gasteiger partial charge in [-0.2, -0.15) is 0 Å². The largest absolute Gasteiger partial charge is 0.399 e. The van der Waals surface area contributed by atoms with Gasteiger partial charge in [-0.15, -0.1) is 0 Å². The zero-order valence-corrected chi connectivity index (χ0v) is 12.2. The Morgan fingerprint density at radius 1 is 1.21 bits per heavy atom. The highest BCUT2D eigenvalue weighted by Gasteiger charge is 2.29. The number of anilines is 1. The summed E-state index contributed by atoms with van der Waals surface area (Å²) in [6.07, 6.45) is 4.63. The number of sulfonamides is 1. The summed E-state index contributed by atoms with van der Waals surface area (Å²) in [7, 11) is -3.26. The normalized spacial score (nSPS) is 18.6. The van der Waals surface area contributed by atoms with Gasteiger partial charge in [0.05, 0.1) is 5.75 Å². The van der Waals surface area contributed by atoms with Gasteiger partial charge in [-0.25, -0.2) is 13.1 Å². The Morgan fingerprint density at radius 3 is 2.37 bits per heavy atom. The van der Waals surface area contributed by atoms with Gasteiger partial charge in [0.1, 0.15) is 0 Å². The van der Waals surface area contributed by atoms with Crippen molar-refractivity contribution in [3.63, 3.8) is 0 Å². The predicted octanol–water partition coefficient (Wildman–Crippen LogP) is 2.27. The Bertz CT molecular complexity index is 517. The fraction of sp³-hybridized carbons (Fsp3) is 0.571. The van der Waals surface area contributed by atoms with E-state index in [4.69, 9.17) is 5.73 Å². The van der Waals surface area contributed by atoms with E-state index in [0.29, 0.717) is 12.2 Å². The zero-order valence-electron chi connectivity index (χ0n) is 11.4. The number of benzene rings is 1. The van der Waals surface area contributed by atoms with Crippen molar-refractivity contribution < 1.29 is 8.42 Å². The quantitative estimate of drug-likeness (QED) is 0.814. The molecule has 106 valence electrons. The maximum absolute atomic E-state index is 12.0. The molecule has 1 aromatic rings. The molecule has 1 fully saturated rings. The molecule has 1 aliphatic rings. The Balaban J connectivity index is 1.93. The van der Waals surface area contributed by atoms with Crippen molar-refractivity contribution in [2.45, 2.75) is 38.4 Å². The van der Waals surface area contributed by atoms with Gasteiger partial charge in [0.15, 0.2) is 0 Å². The summed E-state index contributed by atoms with van der Waals surface area (Å²) in [6, 6.07) is 6.96. The first-order valence-corrected chi connectivity index (χ1v) is 8.36. The summed E-state index contributed by atoms with van der Waals surface area (Å²) in [5.74, 6) is 0.0172. The number of rotatable bonds is 5. The molecular formula is C14H22N2O2S. The second-order valence-corrected chi connectivity index (χ2v) is 7.65. The minimum atomic E-state index is -3.26. The molecule has 0 aromatic heterocycles.